The minimum atomic E-state index is -2.93. The molecule has 0 spiro atoms. The van der Waals surface area contributed by atoms with Crippen LogP contribution in [0.1, 0.15) is 30.7 Å². The number of hydrogen-bond donors (Lipinski definition) is 2. The minimum Gasteiger partial charge on any atom is -0.377 e. The zero-order valence-corrected chi connectivity index (χ0v) is 14.9. The highest BCUT2D eigenvalue weighted by molar-refractivity contribution is 7.90. The lowest BCUT2D eigenvalue weighted by Gasteiger charge is -2.28. The van der Waals surface area contributed by atoms with Crippen LogP contribution in [0, 0.1) is 5.92 Å². The van der Waals surface area contributed by atoms with Gasteiger partial charge in [-0.1, -0.05) is 11.3 Å². The number of sulfone groups is 1. The lowest BCUT2D eigenvalue weighted by molar-refractivity contribution is 0.184. The van der Waals surface area contributed by atoms with Gasteiger partial charge in [0.05, 0.1) is 5.75 Å². The van der Waals surface area contributed by atoms with E-state index in [4.69, 9.17) is 4.74 Å². The van der Waals surface area contributed by atoms with Gasteiger partial charge in [0.15, 0.2) is 0 Å². The largest absolute Gasteiger partial charge is 0.377 e. The lowest BCUT2D eigenvalue weighted by Crippen LogP contribution is -2.40. The Kier molecular flexibility index (Phi) is 6.31. The molecule has 1 heterocycles. The Labute approximate surface area is 139 Å². The van der Waals surface area contributed by atoms with Crippen LogP contribution in [0.15, 0.2) is 0 Å². The summed E-state index contributed by atoms with van der Waals surface area (Å²) in [6.45, 7) is 0.366. The van der Waals surface area contributed by atoms with Crippen molar-refractivity contribution in [3.63, 3.8) is 0 Å². The molecule has 0 atom stereocenters. The molecular weight excluding hydrogens is 340 g/mol. The third kappa shape index (κ3) is 6.40. The first-order chi connectivity index (χ1) is 10.9. The molecule has 1 aromatic heterocycles. The second-order valence-electron chi connectivity index (χ2n) is 5.84. The van der Waals surface area contributed by atoms with Crippen molar-refractivity contribution in [2.75, 3.05) is 24.4 Å². The molecule has 2 amide bonds. The van der Waals surface area contributed by atoms with Gasteiger partial charge in [-0.25, -0.2) is 13.2 Å². The van der Waals surface area contributed by atoms with E-state index in [1.54, 1.807) is 7.11 Å². The fraction of sp³-hybridized carbons (Fsp3) is 0.769. The molecule has 130 valence electrons. The van der Waals surface area contributed by atoms with Crippen molar-refractivity contribution in [2.24, 2.45) is 5.92 Å². The van der Waals surface area contributed by atoms with E-state index in [1.807, 2.05) is 0 Å². The maximum atomic E-state index is 11.9. The molecule has 8 nitrogen and oxygen atoms in total. The molecule has 0 saturated heterocycles. The van der Waals surface area contributed by atoms with Crippen LogP contribution in [0.2, 0.25) is 0 Å². The SMILES string of the molecule is COCc1nnc(NC(=O)NC2CCC(CS(C)(=O)=O)CC2)s1. The van der Waals surface area contributed by atoms with Gasteiger partial charge in [-0.3, -0.25) is 5.32 Å². The molecule has 0 bridgehead atoms. The second-order valence-corrected chi connectivity index (χ2v) is 9.09. The molecule has 23 heavy (non-hydrogen) atoms. The number of hydrogen-bond acceptors (Lipinski definition) is 7. The van der Waals surface area contributed by atoms with Crippen molar-refractivity contribution in [1.82, 2.24) is 15.5 Å². The summed E-state index contributed by atoms with van der Waals surface area (Å²) in [5, 5.41) is 14.5. The first kappa shape index (κ1) is 18.1. The van der Waals surface area contributed by atoms with Gasteiger partial charge in [-0.05, 0) is 31.6 Å². The summed E-state index contributed by atoms with van der Waals surface area (Å²) in [7, 11) is -1.36. The second kappa shape index (κ2) is 8.02. The Morgan fingerprint density at radius 3 is 2.61 bits per heavy atom. The molecule has 10 heteroatoms. The van der Waals surface area contributed by atoms with Crippen LogP contribution in [0.3, 0.4) is 0 Å². The molecule has 2 rings (SSSR count). The van der Waals surface area contributed by atoms with Crippen LogP contribution in [0.4, 0.5) is 9.93 Å². The number of methoxy groups -OCH3 is 1. The Hall–Kier alpha value is -1.26. The molecule has 1 fully saturated rings. The Morgan fingerprint density at radius 1 is 1.30 bits per heavy atom. The molecule has 0 aliphatic heterocycles. The van der Waals surface area contributed by atoms with E-state index in [0.29, 0.717) is 16.7 Å². The van der Waals surface area contributed by atoms with Crippen molar-refractivity contribution in [3.8, 4) is 0 Å². The van der Waals surface area contributed by atoms with Gasteiger partial charge in [-0.15, -0.1) is 10.2 Å². The highest BCUT2D eigenvalue weighted by Crippen LogP contribution is 2.25. The fourth-order valence-electron chi connectivity index (χ4n) is 2.71. The molecule has 2 N–H and O–H groups in total. The van der Waals surface area contributed by atoms with Crippen molar-refractivity contribution < 1.29 is 17.9 Å². The van der Waals surface area contributed by atoms with E-state index in [1.165, 1.54) is 17.6 Å². The summed E-state index contributed by atoms with van der Waals surface area (Å²) < 4.78 is 27.6. The van der Waals surface area contributed by atoms with Gasteiger partial charge >= 0.3 is 6.03 Å². The quantitative estimate of drug-likeness (QED) is 0.792. The number of ether oxygens (including phenoxy) is 1. The highest BCUT2D eigenvalue weighted by atomic mass is 32.2. The molecule has 0 unspecified atom stereocenters. The highest BCUT2D eigenvalue weighted by Gasteiger charge is 2.25. The molecule has 1 saturated carbocycles. The summed E-state index contributed by atoms with van der Waals surface area (Å²) in [6.07, 6.45) is 4.48. The molecule has 1 aliphatic rings. The van der Waals surface area contributed by atoms with E-state index in [2.05, 4.69) is 20.8 Å². The maximum Gasteiger partial charge on any atom is 0.321 e. The Morgan fingerprint density at radius 2 is 2.00 bits per heavy atom. The van der Waals surface area contributed by atoms with Crippen molar-refractivity contribution in [3.05, 3.63) is 5.01 Å². The summed E-state index contributed by atoms with van der Waals surface area (Å²) in [5.74, 6) is 0.435. The van der Waals surface area contributed by atoms with E-state index >= 15 is 0 Å². The summed E-state index contributed by atoms with van der Waals surface area (Å²) >= 11 is 1.27. The smallest absolute Gasteiger partial charge is 0.321 e. The van der Waals surface area contributed by atoms with Gasteiger partial charge in [0.1, 0.15) is 21.5 Å². The molecular formula is C13H22N4O4S2. The number of nitrogens with zero attached hydrogens (tertiary/aromatic N) is 2. The summed E-state index contributed by atoms with van der Waals surface area (Å²) in [5.41, 5.74) is 0. The van der Waals surface area contributed by atoms with Crippen LogP contribution < -0.4 is 10.6 Å². The average molecular weight is 362 g/mol. The Bertz CT molecular complexity index is 624. The van der Waals surface area contributed by atoms with E-state index in [9.17, 15) is 13.2 Å². The van der Waals surface area contributed by atoms with E-state index in [-0.39, 0.29) is 23.7 Å². The first-order valence-electron chi connectivity index (χ1n) is 7.42. The molecule has 1 aliphatic carbocycles. The predicted octanol–water partition coefficient (Wildman–Crippen LogP) is 1.41. The zero-order valence-electron chi connectivity index (χ0n) is 13.2. The monoisotopic (exact) mass is 362 g/mol. The first-order valence-corrected chi connectivity index (χ1v) is 10.3. The molecule has 1 aromatic rings. The van der Waals surface area contributed by atoms with Gasteiger partial charge in [0, 0.05) is 19.4 Å². The predicted molar refractivity (Wildman–Crippen MR) is 88.2 cm³/mol. The maximum absolute atomic E-state index is 11.9. The van der Waals surface area contributed by atoms with Crippen molar-refractivity contribution in [1.29, 1.82) is 0 Å². The number of carbonyl (C=O) groups is 1. The zero-order chi connectivity index (χ0) is 16.9. The molecule has 0 radical (unpaired) electrons. The van der Waals surface area contributed by atoms with Crippen LogP contribution in [-0.2, 0) is 21.2 Å². The van der Waals surface area contributed by atoms with Crippen LogP contribution in [-0.4, -0.2) is 49.8 Å². The van der Waals surface area contributed by atoms with Crippen molar-refractivity contribution >= 4 is 32.3 Å². The fourth-order valence-corrected chi connectivity index (χ4v) is 4.60. The van der Waals surface area contributed by atoms with E-state index in [0.717, 1.165) is 25.7 Å². The average Bonchev–Trinajstić information content (AvgIpc) is 2.87. The number of aromatic nitrogens is 2. The topological polar surface area (TPSA) is 110 Å². The number of amides is 2. The van der Waals surface area contributed by atoms with Crippen molar-refractivity contribution in [2.45, 2.75) is 38.3 Å². The number of rotatable bonds is 6. The number of anilines is 1. The molecule has 0 aromatic carbocycles. The van der Waals surface area contributed by atoms with E-state index < -0.39 is 9.84 Å². The van der Waals surface area contributed by atoms with Gasteiger partial charge in [0.2, 0.25) is 5.13 Å². The minimum absolute atomic E-state index is 0.0668. The Balaban J connectivity index is 1.74. The number of nitrogens with one attached hydrogen (secondary N) is 2. The standard InChI is InChI=1S/C13H22N4O4S2/c1-21-7-11-16-17-13(22-11)15-12(18)14-10-5-3-9(4-6-10)8-23(2,19)20/h9-10H,3-8H2,1-2H3,(H2,14,15,17,18). The van der Waals surface area contributed by atoms with Gasteiger partial charge < -0.3 is 10.1 Å². The third-order valence-corrected chi connectivity index (χ3v) is 5.56. The van der Waals surface area contributed by atoms with Crippen LogP contribution >= 0.6 is 11.3 Å². The third-order valence-electron chi connectivity index (χ3n) is 3.68. The summed E-state index contributed by atoms with van der Waals surface area (Å²) in [6, 6.07) is -0.242. The summed E-state index contributed by atoms with van der Waals surface area (Å²) in [4.78, 5) is 11.9. The van der Waals surface area contributed by atoms with Crippen LogP contribution in [0.25, 0.3) is 0 Å². The normalized spacial score (nSPS) is 21.8. The van der Waals surface area contributed by atoms with Crippen LogP contribution in [0.5, 0.6) is 0 Å². The van der Waals surface area contributed by atoms with Gasteiger partial charge in [-0.2, -0.15) is 0 Å². The van der Waals surface area contributed by atoms with Gasteiger partial charge in [0.25, 0.3) is 0 Å². The lowest BCUT2D eigenvalue weighted by atomic mass is 9.87. The number of urea groups is 1. The number of carbonyl (C=O) groups excluding carboxylic acids is 1.